The molecule has 2 amide bonds. The van der Waals surface area contributed by atoms with Crippen molar-refractivity contribution in [3.63, 3.8) is 0 Å². The van der Waals surface area contributed by atoms with E-state index in [-0.39, 0.29) is 18.9 Å². The molecule has 1 aliphatic rings. The second kappa shape index (κ2) is 11.3. The lowest BCUT2D eigenvalue weighted by molar-refractivity contribution is -0.141. The second-order valence-electron chi connectivity index (χ2n) is 7.00. The van der Waals surface area contributed by atoms with Crippen LogP contribution in [0.15, 0.2) is 48.2 Å². The summed E-state index contributed by atoms with van der Waals surface area (Å²) in [6, 6.07) is 10.3. The van der Waals surface area contributed by atoms with E-state index < -0.39 is 23.8 Å². The van der Waals surface area contributed by atoms with Crippen LogP contribution in [-0.2, 0) is 9.59 Å². The molecule has 0 radical (unpaired) electrons. The van der Waals surface area contributed by atoms with Crippen LogP contribution in [-0.4, -0.2) is 54.8 Å². The molecule has 3 rings (SSSR count). The van der Waals surface area contributed by atoms with E-state index in [9.17, 15) is 19.5 Å². The van der Waals surface area contributed by atoms with Crippen molar-refractivity contribution in [1.29, 1.82) is 0 Å². The highest BCUT2D eigenvalue weighted by Gasteiger charge is 2.23. The molecule has 0 aromatic heterocycles. The number of benzene rings is 2. The fraction of sp³-hybridized carbons (Fsp3) is 0.261. The summed E-state index contributed by atoms with van der Waals surface area (Å²) >= 11 is 1.47. The standard InChI is InChI=1S/C23H24N2O7S/c1-30-16-6-4-15(5-7-16)21(26)25-18(22(27)24-17(23(28)29)9-10-33-2)11-14-3-8-19-20(12-14)32-13-31-19/h3-8,11-12,17H,9-10,13H2,1-2H3,(H,24,27)(H,25,26)(H,28,29)/b18-11-/t17-/m0/s1. The van der Waals surface area contributed by atoms with Gasteiger partial charge in [0.2, 0.25) is 6.79 Å². The molecule has 2 aromatic rings. The predicted molar refractivity (Wildman–Crippen MR) is 124 cm³/mol. The van der Waals surface area contributed by atoms with Gasteiger partial charge in [0.25, 0.3) is 11.8 Å². The first-order valence-corrected chi connectivity index (χ1v) is 11.4. The molecule has 0 fully saturated rings. The van der Waals surface area contributed by atoms with Gasteiger partial charge in [-0.15, -0.1) is 0 Å². The number of carbonyl (C=O) groups is 3. The normalized spacial score (nSPS) is 13.2. The van der Waals surface area contributed by atoms with E-state index in [0.717, 1.165) is 0 Å². The second-order valence-corrected chi connectivity index (χ2v) is 7.98. The first kappa shape index (κ1) is 24.0. The molecular weight excluding hydrogens is 448 g/mol. The van der Waals surface area contributed by atoms with Crippen LogP contribution in [0.1, 0.15) is 22.3 Å². The molecule has 3 N–H and O–H groups in total. The average Bonchev–Trinajstić information content (AvgIpc) is 3.29. The number of hydrogen-bond acceptors (Lipinski definition) is 7. The third kappa shape index (κ3) is 6.42. The Bertz CT molecular complexity index is 1050. The minimum Gasteiger partial charge on any atom is -0.497 e. The summed E-state index contributed by atoms with van der Waals surface area (Å²) < 4.78 is 15.8. The molecule has 174 valence electrons. The Hall–Kier alpha value is -3.66. The lowest BCUT2D eigenvalue weighted by Gasteiger charge is -2.16. The van der Waals surface area contributed by atoms with Gasteiger partial charge in [-0.25, -0.2) is 4.79 Å². The van der Waals surface area contributed by atoms with Crippen LogP contribution in [0.4, 0.5) is 0 Å². The van der Waals surface area contributed by atoms with E-state index in [1.54, 1.807) is 42.5 Å². The van der Waals surface area contributed by atoms with Crippen molar-refractivity contribution in [2.24, 2.45) is 0 Å². The highest BCUT2D eigenvalue weighted by molar-refractivity contribution is 7.98. The molecule has 10 heteroatoms. The van der Waals surface area contributed by atoms with Gasteiger partial charge in [0.05, 0.1) is 7.11 Å². The summed E-state index contributed by atoms with van der Waals surface area (Å²) in [5.41, 5.74) is 0.762. The van der Waals surface area contributed by atoms with Gasteiger partial charge in [-0.05, 0) is 66.5 Å². The molecule has 0 aliphatic carbocycles. The fourth-order valence-corrected chi connectivity index (χ4v) is 3.47. The number of amides is 2. The maximum absolute atomic E-state index is 13.0. The van der Waals surface area contributed by atoms with Crippen LogP contribution < -0.4 is 24.8 Å². The number of methoxy groups -OCH3 is 1. The largest absolute Gasteiger partial charge is 0.497 e. The Balaban J connectivity index is 1.86. The van der Waals surface area contributed by atoms with E-state index in [4.69, 9.17) is 14.2 Å². The number of carboxylic acid groups (broad SMARTS) is 1. The van der Waals surface area contributed by atoms with Gasteiger partial charge in [0.15, 0.2) is 11.5 Å². The Morgan fingerprint density at radius 2 is 1.88 bits per heavy atom. The monoisotopic (exact) mass is 472 g/mol. The van der Waals surface area contributed by atoms with E-state index in [1.807, 2.05) is 6.26 Å². The highest BCUT2D eigenvalue weighted by Crippen LogP contribution is 2.33. The molecule has 0 unspecified atom stereocenters. The third-order valence-corrected chi connectivity index (χ3v) is 5.41. The molecule has 1 atom stereocenters. The van der Waals surface area contributed by atoms with Gasteiger partial charge >= 0.3 is 5.97 Å². The number of rotatable bonds is 10. The van der Waals surface area contributed by atoms with Crippen molar-refractivity contribution >= 4 is 35.6 Å². The van der Waals surface area contributed by atoms with Gasteiger partial charge in [0.1, 0.15) is 17.5 Å². The van der Waals surface area contributed by atoms with Crippen molar-refractivity contribution < 1.29 is 33.7 Å². The van der Waals surface area contributed by atoms with E-state index in [0.29, 0.717) is 34.1 Å². The Kier molecular flexibility index (Phi) is 8.20. The van der Waals surface area contributed by atoms with Crippen molar-refractivity contribution in [2.75, 3.05) is 25.9 Å². The van der Waals surface area contributed by atoms with Crippen LogP contribution in [0.25, 0.3) is 6.08 Å². The molecular formula is C23H24N2O7S. The lowest BCUT2D eigenvalue weighted by atomic mass is 10.1. The van der Waals surface area contributed by atoms with Gasteiger partial charge in [-0.3, -0.25) is 9.59 Å². The highest BCUT2D eigenvalue weighted by atomic mass is 32.2. The number of fused-ring (bicyclic) bond motifs is 1. The minimum atomic E-state index is -1.15. The first-order chi connectivity index (χ1) is 15.9. The summed E-state index contributed by atoms with van der Waals surface area (Å²) in [5, 5.41) is 14.5. The molecule has 2 aromatic carbocycles. The van der Waals surface area contributed by atoms with Crippen molar-refractivity contribution in [1.82, 2.24) is 10.6 Å². The van der Waals surface area contributed by atoms with Gasteiger partial charge in [-0.2, -0.15) is 11.8 Å². The zero-order valence-corrected chi connectivity index (χ0v) is 18.9. The smallest absolute Gasteiger partial charge is 0.326 e. The first-order valence-electron chi connectivity index (χ1n) is 10.0. The van der Waals surface area contributed by atoms with Crippen molar-refractivity contribution in [2.45, 2.75) is 12.5 Å². The SMILES string of the molecule is COc1ccc(C(=O)N/C(=C\c2ccc3c(c2)OCO3)C(=O)N[C@@H](CCSC)C(=O)O)cc1. The third-order valence-electron chi connectivity index (χ3n) is 4.77. The number of nitrogens with one attached hydrogen (secondary N) is 2. The van der Waals surface area contributed by atoms with Crippen LogP contribution in [0.2, 0.25) is 0 Å². The maximum atomic E-state index is 13.0. The predicted octanol–water partition coefficient (Wildman–Crippen LogP) is 2.52. The number of aliphatic carboxylic acids is 1. The molecule has 0 saturated carbocycles. The Labute approximate surface area is 195 Å². The molecule has 0 spiro atoms. The number of ether oxygens (including phenoxy) is 3. The summed E-state index contributed by atoms with van der Waals surface area (Å²) in [6.45, 7) is 0.0970. The topological polar surface area (TPSA) is 123 Å². The molecule has 1 aliphatic heterocycles. The number of hydrogen-bond donors (Lipinski definition) is 3. The lowest BCUT2D eigenvalue weighted by Crippen LogP contribution is -2.44. The van der Waals surface area contributed by atoms with Gasteiger partial charge in [-0.1, -0.05) is 6.07 Å². The van der Waals surface area contributed by atoms with Gasteiger partial charge in [0, 0.05) is 5.56 Å². The molecule has 0 bridgehead atoms. The van der Waals surface area contributed by atoms with Crippen molar-refractivity contribution in [3.8, 4) is 17.2 Å². The summed E-state index contributed by atoms with van der Waals surface area (Å²) in [5.74, 6) is -0.188. The maximum Gasteiger partial charge on any atom is 0.326 e. The number of carbonyl (C=O) groups excluding carboxylic acids is 2. The Morgan fingerprint density at radius 3 is 2.55 bits per heavy atom. The fourth-order valence-electron chi connectivity index (χ4n) is 2.99. The quantitative estimate of drug-likeness (QED) is 0.451. The molecule has 0 saturated heterocycles. The summed E-state index contributed by atoms with van der Waals surface area (Å²) in [4.78, 5) is 37.4. The average molecular weight is 473 g/mol. The van der Waals surface area contributed by atoms with Crippen molar-refractivity contribution in [3.05, 3.63) is 59.3 Å². The van der Waals surface area contributed by atoms with E-state index >= 15 is 0 Å². The van der Waals surface area contributed by atoms with Crippen LogP contribution in [0.3, 0.4) is 0 Å². The van der Waals surface area contributed by atoms with Crippen LogP contribution >= 0.6 is 11.8 Å². The van der Waals surface area contributed by atoms with E-state index in [1.165, 1.54) is 24.9 Å². The number of thioether (sulfide) groups is 1. The summed E-state index contributed by atoms with van der Waals surface area (Å²) in [6.07, 6.45) is 3.54. The van der Waals surface area contributed by atoms with E-state index in [2.05, 4.69) is 10.6 Å². The Morgan fingerprint density at radius 1 is 1.15 bits per heavy atom. The molecule has 9 nitrogen and oxygen atoms in total. The molecule has 33 heavy (non-hydrogen) atoms. The number of carboxylic acids is 1. The molecule has 1 heterocycles. The zero-order valence-electron chi connectivity index (χ0n) is 18.1. The summed E-state index contributed by atoms with van der Waals surface area (Å²) in [7, 11) is 1.52. The van der Waals surface area contributed by atoms with Crippen LogP contribution in [0.5, 0.6) is 17.2 Å². The zero-order chi connectivity index (χ0) is 23.8. The minimum absolute atomic E-state index is 0.0970. The van der Waals surface area contributed by atoms with Gasteiger partial charge < -0.3 is 30.0 Å². The van der Waals surface area contributed by atoms with Crippen LogP contribution in [0, 0.1) is 0 Å².